The molecule has 0 amide bonds. The molecule has 2 rings (SSSR count). The minimum atomic E-state index is 0.275. The Morgan fingerprint density at radius 3 is 2.53 bits per heavy atom. The van der Waals surface area contributed by atoms with Crippen molar-refractivity contribution in [1.82, 2.24) is 0 Å². The van der Waals surface area contributed by atoms with Gasteiger partial charge >= 0.3 is 0 Å². The summed E-state index contributed by atoms with van der Waals surface area (Å²) in [5.74, 6) is 1.03. The molecule has 5 heteroatoms. The highest BCUT2D eigenvalue weighted by Crippen LogP contribution is 2.33. The summed E-state index contributed by atoms with van der Waals surface area (Å²) in [6.07, 6.45) is 0. The zero-order chi connectivity index (χ0) is 14.0. The summed E-state index contributed by atoms with van der Waals surface area (Å²) in [6, 6.07) is 10.6. The highest BCUT2D eigenvalue weighted by Gasteiger charge is 2.10. The van der Waals surface area contributed by atoms with Crippen molar-refractivity contribution in [1.29, 1.82) is 0 Å². The predicted octanol–water partition coefficient (Wildman–Crippen LogP) is 4.73. The first kappa shape index (κ1) is 14.1. The molecule has 2 nitrogen and oxygen atoms in total. The molecule has 98 valence electrons. The molecule has 0 fully saturated rings. The van der Waals surface area contributed by atoms with Gasteiger partial charge in [0.2, 0.25) is 0 Å². The van der Waals surface area contributed by atoms with Crippen molar-refractivity contribution in [2.75, 3.05) is 0 Å². The Labute approximate surface area is 127 Å². The smallest absolute Gasteiger partial charge is 0.147 e. The van der Waals surface area contributed by atoms with Crippen LogP contribution in [0.15, 0.2) is 36.4 Å². The van der Waals surface area contributed by atoms with E-state index >= 15 is 0 Å². The number of ether oxygens (including phenoxy) is 1. The van der Waals surface area contributed by atoms with Gasteiger partial charge in [0.05, 0.1) is 10.6 Å². The Morgan fingerprint density at radius 2 is 1.84 bits per heavy atom. The Kier molecular flexibility index (Phi) is 4.30. The molecule has 0 spiro atoms. The quantitative estimate of drug-likeness (QED) is 0.832. The van der Waals surface area contributed by atoms with E-state index in [-0.39, 0.29) is 4.99 Å². The summed E-state index contributed by atoms with van der Waals surface area (Å²) in [5.41, 5.74) is 7.42. The SMILES string of the molecule is Cc1ccc(Oc2cc(Cl)ccc2Cl)c(C(N)=S)c1. The second-order valence-corrected chi connectivity index (χ2v) is 5.32. The van der Waals surface area contributed by atoms with Gasteiger partial charge in [-0.15, -0.1) is 0 Å². The minimum absolute atomic E-state index is 0.275. The summed E-state index contributed by atoms with van der Waals surface area (Å²) < 4.78 is 5.75. The zero-order valence-electron chi connectivity index (χ0n) is 10.1. The summed E-state index contributed by atoms with van der Waals surface area (Å²) in [4.78, 5) is 0.275. The number of nitrogens with two attached hydrogens (primary N) is 1. The average molecular weight is 312 g/mol. The van der Waals surface area contributed by atoms with Gasteiger partial charge in [0.15, 0.2) is 0 Å². The van der Waals surface area contributed by atoms with Gasteiger partial charge in [0.25, 0.3) is 0 Å². The first-order chi connectivity index (χ1) is 8.97. The maximum atomic E-state index is 6.06. The third kappa shape index (κ3) is 3.38. The number of rotatable bonds is 3. The summed E-state index contributed by atoms with van der Waals surface area (Å²) in [5, 5.41) is 1.02. The van der Waals surface area contributed by atoms with Gasteiger partial charge in [-0.05, 0) is 31.2 Å². The highest BCUT2D eigenvalue weighted by atomic mass is 35.5. The van der Waals surface area contributed by atoms with Crippen LogP contribution in [-0.2, 0) is 0 Å². The molecule has 0 bridgehead atoms. The fourth-order valence-corrected chi connectivity index (χ4v) is 2.08. The fourth-order valence-electron chi connectivity index (χ4n) is 1.60. The van der Waals surface area contributed by atoms with Crippen LogP contribution in [0.1, 0.15) is 11.1 Å². The maximum Gasteiger partial charge on any atom is 0.147 e. The number of hydrogen-bond donors (Lipinski definition) is 1. The summed E-state index contributed by atoms with van der Waals surface area (Å²) >= 11 is 17.0. The molecule has 0 unspecified atom stereocenters. The molecular formula is C14H11Cl2NOS. The van der Waals surface area contributed by atoms with Crippen molar-refractivity contribution < 1.29 is 4.74 Å². The molecule has 0 saturated heterocycles. The van der Waals surface area contributed by atoms with Gasteiger partial charge in [0.1, 0.15) is 16.5 Å². The van der Waals surface area contributed by atoms with E-state index in [0.717, 1.165) is 5.56 Å². The van der Waals surface area contributed by atoms with Gasteiger partial charge in [-0.1, -0.05) is 47.0 Å². The lowest BCUT2D eigenvalue weighted by molar-refractivity contribution is 0.482. The van der Waals surface area contributed by atoms with Crippen LogP contribution in [0.2, 0.25) is 10.0 Å². The largest absolute Gasteiger partial charge is 0.455 e. The van der Waals surface area contributed by atoms with E-state index in [4.69, 9.17) is 45.9 Å². The van der Waals surface area contributed by atoms with Crippen LogP contribution in [0.25, 0.3) is 0 Å². The van der Waals surface area contributed by atoms with E-state index in [9.17, 15) is 0 Å². The second kappa shape index (κ2) is 5.78. The van der Waals surface area contributed by atoms with Crippen molar-refractivity contribution in [2.24, 2.45) is 5.73 Å². The van der Waals surface area contributed by atoms with E-state index in [1.165, 1.54) is 0 Å². The average Bonchev–Trinajstić information content (AvgIpc) is 2.35. The van der Waals surface area contributed by atoms with E-state index < -0.39 is 0 Å². The van der Waals surface area contributed by atoms with Crippen molar-refractivity contribution in [3.8, 4) is 11.5 Å². The van der Waals surface area contributed by atoms with E-state index in [1.54, 1.807) is 24.3 Å². The summed E-state index contributed by atoms with van der Waals surface area (Å²) in [6.45, 7) is 1.96. The van der Waals surface area contributed by atoms with E-state index in [0.29, 0.717) is 27.1 Å². The molecule has 19 heavy (non-hydrogen) atoms. The van der Waals surface area contributed by atoms with Gasteiger partial charge in [-0.3, -0.25) is 0 Å². The normalized spacial score (nSPS) is 10.3. The van der Waals surface area contributed by atoms with Crippen LogP contribution in [-0.4, -0.2) is 4.99 Å². The van der Waals surface area contributed by atoms with Crippen LogP contribution in [0.3, 0.4) is 0 Å². The number of hydrogen-bond acceptors (Lipinski definition) is 2. The lowest BCUT2D eigenvalue weighted by Gasteiger charge is -2.12. The van der Waals surface area contributed by atoms with Crippen LogP contribution < -0.4 is 10.5 Å². The number of thiocarbonyl (C=S) groups is 1. The summed E-state index contributed by atoms with van der Waals surface area (Å²) in [7, 11) is 0. The molecule has 0 heterocycles. The molecule has 0 aromatic heterocycles. The molecule has 0 atom stereocenters. The standard InChI is InChI=1S/C14H11Cl2NOS/c1-8-2-5-12(10(6-8)14(17)19)18-13-7-9(15)3-4-11(13)16/h2-7H,1H3,(H2,17,19). The van der Waals surface area contributed by atoms with E-state index in [2.05, 4.69) is 0 Å². The predicted molar refractivity (Wildman–Crippen MR) is 83.6 cm³/mol. The fraction of sp³-hybridized carbons (Fsp3) is 0.0714. The lowest BCUT2D eigenvalue weighted by Crippen LogP contribution is -2.11. The third-order valence-corrected chi connectivity index (χ3v) is 3.28. The molecule has 2 aromatic carbocycles. The molecule has 0 radical (unpaired) electrons. The van der Waals surface area contributed by atoms with E-state index in [1.807, 2.05) is 19.1 Å². The molecule has 0 aliphatic carbocycles. The highest BCUT2D eigenvalue weighted by molar-refractivity contribution is 7.80. The number of aryl methyl sites for hydroxylation is 1. The number of benzene rings is 2. The molecule has 2 aromatic rings. The third-order valence-electron chi connectivity index (χ3n) is 2.51. The zero-order valence-corrected chi connectivity index (χ0v) is 12.4. The Bertz CT molecular complexity index is 643. The van der Waals surface area contributed by atoms with Crippen molar-refractivity contribution >= 4 is 40.4 Å². The molecule has 0 aliphatic rings. The number of halogens is 2. The van der Waals surface area contributed by atoms with Crippen LogP contribution in [0.5, 0.6) is 11.5 Å². The first-order valence-electron chi connectivity index (χ1n) is 5.51. The van der Waals surface area contributed by atoms with Gasteiger partial charge in [-0.2, -0.15) is 0 Å². The molecule has 2 N–H and O–H groups in total. The van der Waals surface area contributed by atoms with Crippen molar-refractivity contribution in [3.63, 3.8) is 0 Å². The second-order valence-electron chi connectivity index (χ2n) is 4.04. The topological polar surface area (TPSA) is 35.2 Å². The van der Waals surface area contributed by atoms with Crippen LogP contribution in [0, 0.1) is 6.92 Å². The van der Waals surface area contributed by atoms with Gasteiger partial charge < -0.3 is 10.5 Å². The molecular weight excluding hydrogens is 301 g/mol. The van der Waals surface area contributed by atoms with Crippen LogP contribution >= 0.6 is 35.4 Å². The van der Waals surface area contributed by atoms with Crippen LogP contribution in [0.4, 0.5) is 0 Å². The first-order valence-corrected chi connectivity index (χ1v) is 6.67. The maximum absolute atomic E-state index is 6.06. The van der Waals surface area contributed by atoms with Crippen molar-refractivity contribution in [2.45, 2.75) is 6.92 Å². The molecule has 0 aliphatic heterocycles. The molecule has 0 saturated carbocycles. The minimum Gasteiger partial charge on any atom is -0.455 e. The Balaban J connectivity index is 2.43. The Hall–Kier alpha value is -1.29. The Morgan fingerprint density at radius 1 is 1.11 bits per heavy atom. The van der Waals surface area contributed by atoms with Crippen molar-refractivity contribution in [3.05, 3.63) is 57.6 Å². The lowest BCUT2D eigenvalue weighted by atomic mass is 10.1. The van der Waals surface area contributed by atoms with Gasteiger partial charge in [-0.25, -0.2) is 0 Å². The monoisotopic (exact) mass is 311 g/mol. The van der Waals surface area contributed by atoms with Gasteiger partial charge in [0, 0.05) is 11.1 Å².